The molecule has 2 aromatic rings. The molecule has 2 rings (SSSR count). The van der Waals surface area contributed by atoms with Crippen molar-refractivity contribution in [2.75, 3.05) is 19.0 Å². The van der Waals surface area contributed by atoms with Crippen LogP contribution in [0.3, 0.4) is 0 Å². The van der Waals surface area contributed by atoms with Gasteiger partial charge in [-0.15, -0.1) is 16.8 Å². The highest BCUT2D eigenvalue weighted by molar-refractivity contribution is 7.15. The van der Waals surface area contributed by atoms with Crippen LogP contribution in [0, 0.1) is 0 Å². The first-order valence-electron chi connectivity index (χ1n) is 7.69. The SMILES string of the molecule is C=CCc1ccc(OCC(=O)Nc2nnc(CCC)s2)c(OC)c1. The molecule has 0 aliphatic carbocycles. The summed E-state index contributed by atoms with van der Waals surface area (Å²) < 4.78 is 10.8. The van der Waals surface area contributed by atoms with Crippen LogP contribution in [0.1, 0.15) is 23.9 Å². The fourth-order valence-corrected chi connectivity index (χ4v) is 2.90. The predicted octanol–water partition coefficient (Wildman–Crippen LogP) is 3.25. The van der Waals surface area contributed by atoms with Gasteiger partial charge in [-0.2, -0.15) is 0 Å². The fraction of sp³-hybridized carbons (Fsp3) is 0.353. The van der Waals surface area contributed by atoms with Gasteiger partial charge in [-0.3, -0.25) is 10.1 Å². The van der Waals surface area contributed by atoms with Gasteiger partial charge in [0.1, 0.15) is 5.01 Å². The van der Waals surface area contributed by atoms with E-state index in [1.807, 2.05) is 18.2 Å². The van der Waals surface area contributed by atoms with Crippen molar-refractivity contribution >= 4 is 22.4 Å². The standard InChI is InChI=1S/C17H21N3O3S/c1-4-6-12-8-9-13(14(10-12)22-3)23-11-15(21)18-17-20-19-16(24-17)7-5-2/h4,8-10H,1,5-7,11H2,2-3H3,(H,18,20,21). The summed E-state index contributed by atoms with van der Waals surface area (Å²) in [6.07, 6.45) is 4.41. The smallest absolute Gasteiger partial charge is 0.264 e. The van der Waals surface area contributed by atoms with Crippen molar-refractivity contribution in [3.8, 4) is 11.5 Å². The predicted molar refractivity (Wildman–Crippen MR) is 94.9 cm³/mol. The maximum absolute atomic E-state index is 12.0. The fourth-order valence-electron chi connectivity index (χ4n) is 2.04. The Hall–Kier alpha value is -2.41. The normalized spacial score (nSPS) is 10.2. The average molecular weight is 347 g/mol. The topological polar surface area (TPSA) is 73.3 Å². The van der Waals surface area contributed by atoms with E-state index < -0.39 is 0 Å². The third-order valence-electron chi connectivity index (χ3n) is 3.14. The van der Waals surface area contributed by atoms with E-state index in [9.17, 15) is 4.79 Å². The van der Waals surface area contributed by atoms with Crippen LogP contribution < -0.4 is 14.8 Å². The Morgan fingerprint density at radius 2 is 2.21 bits per heavy atom. The molecule has 0 saturated carbocycles. The van der Waals surface area contributed by atoms with Crippen molar-refractivity contribution < 1.29 is 14.3 Å². The molecule has 0 aliphatic heterocycles. The number of anilines is 1. The van der Waals surface area contributed by atoms with Crippen molar-refractivity contribution in [3.05, 3.63) is 41.4 Å². The summed E-state index contributed by atoms with van der Waals surface area (Å²) in [5, 5.41) is 12.0. The molecular weight excluding hydrogens is 326 g/mol. The number of aryl methyl sites for hydroxylation is 1. The number of carbonyl (C=O) groups excluding carboxylic acids is 1. The molecule has 1 heterocycles. The van der Waals surface area contributed by atoms with Crippen molar-refractivity contribution in [2.45, 2.75) is 26.2 Å². The maximum atomic E-state index is 12.0. The lowest BCUT2D eigenvalue weighted by Crippen LogP contribution is -2.20. The van der Waals surface area contributed by atoms with Crippen molar-refractivity contribution in [3.63, 3.8) is 0 Å². The van der Waals surface area contributed by atoms with Gasteiger partial charge in [0.05, 0.1) is 7.11 Å². The number of methoxy groups -OCH3 is 1. The summed E-state index contributed by atoms with van der Waals surface area (Å²) in [5.41, 5.74) is 1.07. The second kappa shape index (κ2) is 9.02. The zero-order valence-corrected chi connectivity index (χ0v) is 14.7. The minimum atomic E-state index is -0.286. The van der Waals surface area contributed by atoms with Gasteiger partial charge in [-0.1, -0.05) is 30.4 Å². The first-order chi connectivity index (χ1) is 11.7. The number of amides is 1. The minimum absolute atomic E-state index is 0.125. The lowest BCUT2D eigenvalue weighted by atomic mass is 10.1. The molecule has 0 spiro atoms. The van der Waals surface area contributed by atoms with Crippen LogP contribution in [0.4, 0.5) is 5.13 Å². The number of nitrogens with one attached hydrogen (secondary N) is 1. The lowest BCUT2D eigenvalue weighted by molar-refractivity contribution is -0.118. The largest absolute Gasteiger partial charge is 0.493 e. The minimum Gasteiger partial charge on any atom is -0.493 e. The molecule has 0 aliphatic rings. The van der Waals surface area contributed by atoms with E-state index >= 15 is 0 Å². The number of aromatic nitrogens is 2. The maximum Gasteiger partial charge on any atom is 0.264 e. The summed E-state index contributed by atoms with van der Waals surface area (Å²) in [5.74, 6) is 0.819. The van der Waals surface area contributed by atoms with Crippen molar-refractivity contribution in [1.82, 2.24) is 10.2 Å². The van der Waals surface area contributed by atoms with Crippen LogP contribution in [-0.2, 0) is 17.6 Å². The zero-order valence-electron chi connectivity index (χ0n) is 13.9. The highest BCUT2D eigenvalue weighted by Gasteiger charge is 2.11. The van der Waals surface area contributed by atoms with E-state index in [2.05, 4.69) is 29.0 Å². The average Bonchev–Trinajstić information content (AvgIpc) is 3.01. The summed E-state index contributed by atoms with van der Waals surface area (Å²) in [4.78, 5) is 12.0. The Morgan fingerprint density at radius 3 is 2.92 bits per heavy atom. The van der Waals surface area contributed by atoms with E-state index in [0.29, 0.717) is 16.6 Å². The van der Waals surface area contributed by atoms with Crippen LogP contribution in [0.15, 0.2) is 30.9 Å². The number of carbonyl (C=O) groups is 1. The first-order valence-corrected chi connectivity index (χ1v) is 8.50. The molecule has 128 valence electrons. The second-order valence-corrected chi connectivity index (χ2v) is 6.13. The first kappa shape index (κ1) is 17.9. The van der Waals surface area contributed by atoms with Gasteiger partial charge in [0.2, 0.25) is 5.13 Å². The molecule has 7 heteroatoms. The van der Waals surface area contributed by atoms with E-state index in [1.165, 1.54) is 11.3 Å². The van der Waals surface area contributed by atoms with Gasteiger partial charge in [-0.05, 0) is 30.5 Å². The lowest BCUT2D eigenvalue weighted by Gasteiger charge is -2.11. The number of hydrogen-bond acceptors (Lipinski definition) is 6. The number of ether oxygens (including phenoxy) is 2. The molecule has 0 fully saturated rings. The van der Waals surface area contributed by atoms with Gasteiger partial charge >= 0.3 is 0 Å². The molecule has 24 heavy (non-hydrogen) atoms. The Morgan fingerprint density at radius 1 is 1.38 bits per heavy atom. The number of rotatable bonds is 9. The highest BCUT2D eigenvalue weighted by atomic mass is 32.1. The number of allylic oxidation sites excluding steroid dienone is 1. The van der Waals surface area contributed by atoms with Gasteiger partial charge in [-0.25, -0.2) is 0 Å². The molecule has 1 amide bonds. The molecule has 0 radical (unpaired) electrons. The molecule has 0 bridgehead atoms. The van der Waals surface area contributed by atoms with Crippen LogP contribution in [0.25, 0.3) is 0 Å². The van der Waals surface area contributed by atoms with Crippen LogP contribution in [0.5, 0.6) is 11.5 Å². The Bertz CT molecular complexity index is 700. The molecule has 1 aromatic heterocycles. The molecular formula is C17H21N3O3S. The third-order valence-corrected chi connectivity index (χ3v) is 4.04. The molecule has 0 unspecified atom stereocenters. The number of hydrogen-bond donors (Lipinski definition) is 1. The Labute approximate surface area is 145 Å². The molecule has 0 saturated heterocycles. The monoisotopic (exact) mass is 347 g/mol. The van der Waals surface area contributed by atoms with Crippen LogP contribution >= 0.6 is 11.3 Å². The molecule has 1 aromatic carbocycles. The molecule has 0 atom stereocenters. The molecule has 6 nitrogen and oxygen atoms in total. The highest BCUT2D eigenvalue weighted by Crippen LogP contribution is 2.28. The summed E-state index contributed by atoms with van der Waals surface area (Å²) in [7, 11) is 1.57. The van der Waals surface area contributed by atoms with E-state index in [4.69, 9.17) is 9.47 Å². The zero-order chi connectivity index (χ0) is 17.4. The second-order valence-electron chi connectivity index (χ2n) is 5.07. The third kappa shape index (κ3) is 5.06. The van der Waals surface area contributed by atoms with Gasteiger partial charge in [0.25, 0.3) is 5.91 Å². The van der Waals surface area contributed by atoms with Gasteiger partial charge in [0, 0.05) is 6.42 Å². The number of benzene rings is 1. The number of nitrogens with zero attached hydrogens (tertiary/aromatic N) is 2. The van der Waals surface area contributed by atoms with Gasteiger partial charge in [0.15, 0.2) is 18.1 Å². The summed E-state index contributed by atoms with van der Waals surface area (Å²) in [6.45, 7) is 5.66. The Balaban J connectivity index is 1.91. The Kier molecular flexibility index (Phi) is 6.74. The summed E-state index contributed by atoms with van der Waals surface area (Å²) in [6, 6.07) is 5.57. The van der Waals surface area contributed by atoms with E-state index in [-0.39, 0.29) is 12.5 Å². The van der Waals surface area contributed by atoms with E-state index in [1.54, 1.807) is 13.2 Å². The van der Waals surface area contributed by atoms with Crippen LogP contribution in [0.2, 0.25) is 0 Å². The van der Waals surface area contributed by atoms with E-state index in [0.717, 1.165) is 29.8 Å². The van der Waals surface area contributed by atoms with Crippen LogP contribution in [-0.4, -0.2) is 29.8 Å². The quantitative estimate of drug-likeness (QED) is 0.705. The summed E-state index contributed by atoms with van der Waals surface area (Å²) >= 11 is 1.38. The van der Waals surface area contributed by atoms with Crippen molar-refractivity contribution in [1.29, 1.82) is 0 Å². The molecule has 1 N–H and O–H groups in total. The van der Waals surface area contributed by atoms with Gasteiger partial charge < -0.3 is 9.47 Å². The van der Waals surface area contributed by atoms with Crippen molar-refractivity contribution in [2.24, 2.45) is 0 Å².